The number of anilines is 1. The summed E-state index contributed by atoms with van der Waals surface area (Å²) in [6.45, 7) is 7.14. The third-order valence-electron chi connectivity index (χ3n) is 9.74. The molecule has 2 aromatic rings. The van der Waals surface area contributed by atoms with Gasteiger partial charge >= 0.3 is 0 Å². The van der Waals surface area contributed by atoms with E-state index in [1.165, 1.54) is 4.90 Å². The number of benzene rings is 2. The van der Waals surface area contributed by atoms with E-state index in [1.807, 2.05) is 32.0 Å². The Morgan fingerprint density at radius 2 is 1.61 bits per heavy atom. The molecule has 38 heavy (non-hydrogen) atoms. The predicted octanol–water partition coefficient (Wildman–Crippen LogP) is 5.05. The van der Waals surface area contributed by atoms with Crippen molar-refractivity contribution in [2.75, 3.05) is 4.90 Å². The van der Waals surface area contributed by atoms with Crippen LogP contribution in [0.15, 0.2) is 71.3 Å². The van der Waals surface area contributed by atoms with Crippen LogP contribution in [-0.2, 0) is 19.2 Å². The number of rotatable bonds is 2. The Morgan fingerprint density at radius 1 is 0.895 bits per heavy atom. The molecule has 2 aromatic carbocycles. The lowest BCUT2D eigenvalue weighted by molar-refractivity contribution is -0.142. The predicted molar refractivity (Wildman–Crippen MR) is 142 cm³/mol. The molecule has 1 heterocycles. The maximum absolute atomic E-state index is 14.0. The SMILES string of the molecule is CC1=C(C)C(=O)[C@@]2(C)[C@@H](c3ccc(O)c(C)c3)C3=CC[C@@H]4C(=O)N(c5ccccc5)C(=O)[C@@H]4[C@@H]3C[C@H]2C1=O. The van der Waals surface area contributed by atoms with Crippen LogP contribution in [0.1, 0.15) is 50.7 Å². The second kappa shape index (κ2) is 8.35. The minimum absolute atomic E-state index is 0.0449. The molecule has 1 saturated carbocycles. The van der Waals surface area contributed by atoms with Gasteiger partial charge in [-0.05, 0) is 80.0 Å². The molecule has 0 spiro atoms. The van der Waals surface area contributed by atoms with Crippen molar-refractivity contribution in [1.82, 2.24) is 0 Å². The Balaban J connectivity index is 1.53. The van der Waals surface area contributed by atoms with E-state index in [9.17, 15) is 24.3 Å². The number of phenolic OH excluding ortho intramolecular Hbond substituents is 1. The number of para-hydroxylation sites is 1. The van der Waals surface area contributed by atoms with Crippen LogP contribution < -0.4 is 4.90 Å². The highest BCUT2D eigenvalue weighted by atomic mass is 16.3. The van der Waals surface area contributed by atoms with Gasteiger partial charge in [0.2, 0.25) is 11.8 Å². The number of phenols is 1. The number of imide groups is 1. The summed E-state index contributed by atoms with van der Waals surface area (Å²) in [5.74, 6) is -2.83. The topological polar surface area (TPSA) is 91.8 Å². The quantitative estimate of drug-likeness (QED) is 0.452. The fraction of sp³-hybridized carbons (Fsp3) is 0.375. The molecule has 0 bridgehead atoms. The molecule has 6 heteroatoms. The van der Waals surface area contributed by atoms with Crippen LogP contribution in [0.2, 0.25) is 0 Å². The third kappa shape index (κ3) is 3.12. The fourth-order valence-corrected chi connectivity index (χ4v) is 7.65. The Kier molecular flexibility index (Phi) is 5.39. The highest BCUT2D eigenvalue weighted by Gasteiger charge is 2.64. The summed E-state index contributed by atoms with van der Waals surface area (Å²) in [7, 11) is 0. The average molecular weight is 510 g/mol. The van der Waals surface area contributed by atoms with E-state index < -0.39 is 29.1 Å². The maximum Gasteiger partial charge on any atom is 0.238 e. The van der Waals surface area contributed by atoms with Crippen LogP contribution in [-0.4, -0.2) is 28.5 Å². The molecule has 194 valence electrons. The lowest BCUT2D eigenvalue weighted by atomic mass is 9.46. The number of hydrogen-bond acceptors (Lipinski definition) is 5. The van der Waals surface area contributed by atoms with Gasteiger partial charge in [0, 0.05) is 11.8 Å². The van der Waals surface area contributed by atoms with Crippen molar-refractivity contribution in [1.29, 1.82) is 0 Å². The number of ketones is 2. The van der Waals surface area contributed by atoms with E-state index in [0.717, 1.165) is 11.1 Å². The van der Waals surface area contributed by atoms with Gasteiger partial charge < -0.3 is 5.11 Å². The minimum atomic E-state index is -1.02. The summed E-state index contributed by atoms with van der Waals surface area (Å²) in [5.41, 5.74) is 2.99. The number of aryl methyl sites for hydroxylation is 1. The highest BCUT2D eigenvalue weighted by molar-refractivity contribution is 6.22. The highest BCUT2D eigenvalue weighted by Crippen LogP contribution is 2.63. The summed E-state index contributed by atoms with van der Waals surface area (Å²) in [6, 6.07) is 14.3. The molecule has 0 unspecified atom stereocenters. The minimum Gasteiger partial charge on any atom is -0.508 e. The van der Waals surface area contributed by atoms with E-state index in [4.69, 9.17) is 0 Å². The van der Waals surface area contributed by atoms with Crippen molar-refractivity contribution in [2.24, 2.45) is 29.1 Å². The van der Waals surface area contributed by atoms with E-state index in [-0.39, 0.29) is 35.0 Å². The largest absolute Gasteiger partial charge is 0.508 e. The maximum atomic E-state index is 14.0. The molecule has 6 nitrogen and oxygen atoms in total. The number of hydrogen-bond donors (Lipinski definition) is 1. The molecule has 1 saturated heterocycles. The van der Waals surface area contributed by atoms with Gasteiger partial charge in [-0.3, -0.25) is 24.1 Å². The van der Waals surface area contributed by atoms with E-state index in [2.05, 4.69) is 6.08 Å². The van der Waals surface area contributed by atoms with Gasteiger partial charge in [-0.25, -0.2) is 0 Å². The van der Waals surface area contributed by atoms with Crippen LogP contribution >= 0.6 is 0 Å². The van der Waals surface area contributed by atoms with Crippen molar-refractivity contribution in [3.05, 3.63) is 82.5 Å². The second-order valence-corrected chi connectivity index (χ2v) is 11.5. The Bertz CT molecular complexity index is 1480. The number of amides is 2. The van der Waals surface area contributed by atoms with Gasteiger partial charge in [0.15, 0.2) is 11.6 Å². The van der Waals surface area contributed by atoms with Crippen LogP contribution in [0.25, 0.3) is 0 Å². The van der Waals surface area contributed by atoms with Crippen molar-refractivity contribution in [2.45, 2.75) is 46.5 Å². The smallest absolute Gasteiger partial charge is 0.238 e. The molecule has 6 rings (SSSR count). The summed E-state index contributed by atoms with van der Waals surface area (Å²) in [6.07, 6.45) is 2.82. The number of carbonyl (C=O) groups excluding carboxylic acids is 4. The normalized spacial score (nSPS) is 32.7. The second-order valence-electron chi connectivity index (χ2n) is 11.5. The first-order chi connectivity index (χ1) is 18.1. The van der Waals surface area contributed by atoms with E-state index in [0.29, 0.717) is 35.2 Å². The van der Waals surface area contributed by atoms with Crippen molar-refractivity contribution < 1.29 is 24.3 Å². The molecule has 0 aromatic heterocycles. The van der Waals surface area contributed by atoms with Gasteiger partial charge in [-0.2, -0.15) is 0 Å². The van der Waals surface area contributed by atoms with Crippen molar-refractivity contribution in [3.63, 3.8) is 0 Å². The molecule has 0 radical (unpaired) electrons. The number of nitrogens with zero attached hydrogens (tertiary/aromatic N) is 1. The first-order valence-corrected chi connectivity index (χ1v) is 13.3. The zero-order valence-corrected chi connectivity index (χ0v) is 22.0. The molecule has 4 aliphatic rings. The summed E-state index contributed by atoms with van der Waals surface area (Å²) in [4.78, 5) is 56.6. The summed E-state index contributed by atoms with van der Waals surface area (Å²) >= 11 is 0. The lowest BCUT2D eigenvalue weighted by Gasteiger charge is -2.54. The monoisotopic (exact) mass is 509 g/mol. The van der Waals surface area contributed by atoms with Gasteiger partial charge in [-0.15, -0.1) is 0 Å². The number of allylic oxidation sites excluding steroid dienone is 4. The average Bonchev–Trinajstić information content (AvgIpc) is 3.17. The molecule has 1 aliphatic heterocycles. The van der Waals surface area contributed by atoms with Gasteiger partial charge in [-0.1, -0.05) is 48.9 Å². The third-order valence-corrected chi connectivity index (χ3v) is 9.74. The number of carbonyl (C=O) groups is 4. The van der Waals surface area contributed by atoms with Crippen LogP contribution in [0.5, 0.6) is 5.75 Å². The van der Waals surface area contributed by atoms with Gasteiger partial charge in [0.05, 0.1) is 22.9 Å². The van der Waals surface area contributed by atoms with Crippen LogP contribution in [0.4, 0.5) is 5.69 Å². The Hall–Kier alpha value is -3.80. The lowest BCUT2D eigenvalue weighted by Crippen LogP contribution is -2.55. The summed E-state index contributed by atoms with van der Waals surface area (Å²) < 4.78 is 0. The number of fused-ring (bicyclic) bond motifs is 4. The van der Waals surface area contributed by atoms with Gasteiger partial charge in [0.25, 0.3) is 0 Å². The number of aromatic hydroxyl groups is 1. The molecule has 2 amide bonds. The summed E-state index contributed by atoms with van der Waals surface area (Å²) in [5, 5.41) is 10.2. The zero-order valence-electron chi connectivity index (χ0n) is 22.0. The molecule has 2 fully saturated rings. The number of Topliss-reactive ketones (excluding diaryl/α,β-unsaturated/α-hetero) is 2. The van der Waals surface area contributed by atoms with Crippen LogP contribution in [0.3, 0.4) is 0 Å². The Morgan fingerprint density at radius 3 is 2.29 bits per heavy atom. The molecule has 1 N–H and O–H groups in total. The van der Waals surface area contributed by atoms with E-state index in [1.54, 1.807) is 44.2 Å². The standard InChI is InChI=1S/C32H31NO5/c1-16-14-19(10-13-25(16)34)27-21-11-12-22-26(31(38)33(30(22)37)20-8-6-5-7-9-20)23(21)15-24-28(35)17(2)18(3)29(36)32(24,27)4/h5-11,13-14,22-24,26-27,34H,12,15H2,1-4H3/t22-,23+,24-,26-,27-,32+/m0/s1. The first-order valence-electron chi connectivity index (χ1n) is 13.3. The molecule has 3 aliphatic carbocycles. The first kappa shape index (κ1) is 24.5. The fourth-order valence-electron chi connectivity index (χ4n) is 7.65. The van der Waals surface area contributed by atoms with Crippen molar-refractivity contribution in [3.8, 4) is 5.75 Å². The van der Waals surface area contributed by atoms with Crippen molar-refractivity contribution >= 4 is 29.1 Å². The molecule has 6 atom stereocenters. The van der Waals surface area contributed by atoms with E-state index >= 15 is 0 Å². The van der Waals surface area contributed by atoms with Crippen LogP contribution in [0, 0.1) is 36.0 Å². The zero-order chi connectivity index (χ0) is 27.1. The van der Waals surface area contributed by atoms with Gasteiger partial charge in [0.1, 0.15) is 5.75 Å². The molecular formula is C32H31NO5. The molecular weight excluding hydrogens is 478 g/mol. The Labute approximate surface area is 222 Å².